The summed E-state index contributed by atoms with van der Waals surface area (Å²) in [5, 5.41) is 8.11. The van der Waals surface area contributed by atoms with Gasteiger partial charge in [0.25, 0.3) is 0 Å². The molecule has 0 aliphatic heterocycles. The number of benzene rings is 8. The predicted octanol–water partition coefficient (Wildman–Crippen LogP) is 14.0. The van der Waals surface area contributed by atoms with Gasteiger partial charge in [0.2, 0.25) is 0 Å². The number of rotatable bonds is 4. The van der Waals surface area contributed by atoms with Crippen molar-refractivity contribution in [3.63, 3.8) is 0 Å². The highest BCUT2D eigenvalue weighted by atomic mass is 32.1. The first-order chi connectivity index (χ1) is 27.3. The molecule has 55 heavy (non-hydrogen) atoms. The summed E-state index contributed by atoms with van der Waals surface area (Å²) in [6.07, 6.45) is 0. The van der Waals surface area contributed by atoms with Gasteiger partial charge in [0.05, 0.1) is 43.6 Å². The van der Waals surface area contributed by atoms with Crippen LogP contribution >= 0.6 is 11.3 Å². The van der Waals surface area contributed by atoms with Crippen LogP contribution in [-0.4, -0.2) is 14.5 Å². The minimum absolute atomic E-state index is 0.646. The van der Waals surface area contributed by atoms with E-state index in [4.69, 9.17) is 14.4 Å². The summed E-state index contributed by atoms with van der Waals surface area (Å²) >= 11 is 1.75. The van der Waals surface area contributed by atoms with Gasteiger partial charge in [0.15, 0.2) is 5.82 Å². The quantitative estimate of drug-likeness (QED) is 0.182. The number of furan rings is 1. The topological polar surface area (TPSA) is 43.9 Å². The molecule has 12 rings (SSSR count). The lowest BCUT2D eigenvalue weighted by Gasteiger charge is -2.11. The van der Waals surface area contributed by atoms with E-state index >= 15 is 0 Å². The Kier molecular flexibility index (Phi) is 6.47. The maximum atomic E-state index is 6.89. The Bertz CT molecular complexity index is 3480. The Hall–Kier alpha value is -7.08. The molecule has 5 heteroatoms. The van der Waals surface area contributed by atoms with Gasteiger partial charge in [-0.3, -0.25) is 0 Å². The molecule has 0 atom stereocenters. The maximum absolute atomic E-state index is 6.89. The Balaban J connectivity index is 1.11. The minimum atomic E-state index is 0.646. The van der Waals surface area contributed by atoms with Crippen molar-refractivity contribution in [2.45, 2.75) is 0 Å². The highest BCUT2D eigenvalue weighted by molar-refractivity contribution is 7.26. The predicted molar refractivity (Wildman–Crippen MR) is 230 cm³/mol. The van der Waals surface area contributed by atoms with Crippen LogP contribution < -0.4 is 0 Å². The smallest absolute Gasteiger partial charge is 0.164 e. The molecule has 0 spiro atoms. The maximum Gasteiger partial charge on any atom is 0.164 e. The second-order valence-electron chi connectivity index (χ2n) is 14.1. The summed E-state index contributed by atoms with van der Waals surface area (Å²) in [4.78, 5) is 10.7. The lowest BCUT2D eigenvalue weighted by Crippen LogP contribution is -1.95. The number of nitrogens with zero attached hydrogens (tertiary/aromatic N) is 3. The molecule has 0 unspecified atom stereocenters. The van der Waals surface area contributed by atoms with Gasteiger partial charge in [-0.25, -0.2) is 9.97 Å². The Morgan fingerprint density at radius 2 is 1.20 bits per heavy atom. The third kappa shape index (κ3) is 4.51. The molecule has 4 aromatic heterocycles. The zero-order chi connectivity index (χ0) is 36.0. The number of thiophene rings is 1. The van der Waals surface area contributed by atoms with Crippen molar-refractivity contribution < 1.29 is 4.42 Å². The van der Waals surface area contributed by atoms with Crippen LogP contribution in [0.5, 0.6) is 0 Å². The molecule has 0 saturated heterocycles. The Morgan fingerprint density at radius 3 is 2.09 bits per heavy atom. The van der Waals surface area contributed by atoms with Gasteiger partial charge in [-0.05, 0) is 46.8 Å². The van der Waals surface area contributed by atoms with E-state index in [-0.39, 0.29) is 0 Å². The van der Waals surface area contributed by atoms with Crippen LogP contribution in [0.2, 0.25) is 0 Å². The largest absolute Gasteiger partial charge is 0.455 e. The second kappa shape index (κ2) is 11.7. The summed E-state index contributed by atoms with van der Waals surface area (Å²) in [6.45, 7) is 0. The average molecular weight is 720 g/mol. The molecule has 0 amide bonds. The van der Waals surface area contributed by atoms with Crippen molar-refractivity contribution in [1.29, 1.82) is 0 Å². The molecule has 0 N–H and O–H groups in total. The number of fused-ring (bicyclic) bond motifs is 11. The molecular formula is C50H29N3OS. The minimum Gasteiger partial charge on any atom is -0.455 e. The first-order valence-electron chi connectivity index (χ1n) is 18.5. The van der Waals surface area contributed by atoms with E-state index in [9.17, 15) is 0 Å². The standard InChI is InChI=1S/C50H29N3OS/c1-2-12-30(13-3-1)31-24-26-33(27-25-31)45-49-46(37-17-7-9-23-43(37)55-49)52-50(51-45)39-19-10-18-38-44-41(21-11-22-42(44)54-48(38)39)53-40-20-8-6-16-35(40)36-29-28-32-14-4-5-15-34(32)47(36)53/h1-29H. The molecule has 0 bridgehead atoms. The number of aromatic nitrogens is 3. The van der Waals surface area contributed by atoms with Gasteiger partial charge in [-0.2, -0.15) is 0 Å². The third-order valence-electron chi connectivity index (χ3n) is 11.0. The van der Waals surface area contributed by atoms with E-state index in [0.29, 0.717) is 5.82 Å². The van der Waals surface area contributed by atoms with Crippen LogP contribution in [0.3, 0.4) is 0 Å². The highest BCUT2D eigenvalue weighted by Gasteiger charge is 2.23. The van der Waals surface area contributed by atoms with Gasteiger partial charge < -0.3 is 8.98 Å². The summed E-state index contributed by atoms with van der Waals surface area (Å²) < 4.78 is 11.6. The van der Waals surface area contributed by atoms with E-state index in [2.05, 4.69) is 174 Å². The van der Waals surface area contributed by atoms with Gasteiger partial charge in [0, 0.05) is 37.2 Å². The Morgan fingerprint density at radius 1 is 0.491 bits per heavy atom. The van der Waals surface area contributed by atoms with Crippen LogP contribution in [0.1, 0.15) is 0 Å². The summed E-state index contributed by atoms with van der Waals surface area (Å²) in [6, 6.07) is 62.3. The summed E-state index contributed by atoms with van der Waals surface area (Å²) in [5.74, 6) is 0.646. The molecule has 0 saturated carbocycles. The molecule has 12 aromatic rings. The van der Waals surface area contributed by atoms with Crippen LogP contribution in [0.4, 0.5) is 0 Å². The van der Waals surface area contributed by atoms with E-state index in [1.54, 1.807) is 11.3 Å². The van der Waals surface area contributed by atoms with E-state index in [0.717, 1.165) is 65.6 Å². The van der Waals surface area contributed by atoms with Crippen molar-refractivity contribution in [1.82, 2.24) is 14.5 Å². The molecule has 0 fully saturated rings. The fourth-order valence-electron chi connectivity index (χ4n) is 8.53. The lowest BCUT2D eigenvalue weighted by atomic mass is 10.0. The van der Waals surface area contributed by atoms with Gasteiger partial charge in [-0.1, -0.05) is 146 Å². The highest BCUT2D eigenvalue weighted by Crippen LogP contribution is 2.44. The monoisotopic (exact) mass is 719 g/mol. The summed E-state index contributed by atoms with van der Waals surface area (Å²) in [5.41, 5.74) is 11.2. The SMILES string of the molecule is c1ccc(-c2ccc(-c3nc(-c4cccc5c4oc4cccc(-n6c7ccccc7c7ccc8ccccc8c76)c45)nc4c3sc3ccccc34)cc2)cc1. The van der Waals surface area contributed by atoms with Gasteiger partial charge >= 0.3 is 0 Å². The molecule has 4 heterocycles. The van der Waals surface area contributed by atoms with Crippen molar-refractivity contribution in [2.24, 2.45) is 0 Å². The summed E-state index contributed by atoms with van der Waals surface area (Å²) in [7, 11) is 0. The van der Waals surface area contributed by atoms with Gasteiger partial charge in [-0.15, -0.1) is 11.3 Å². The van der Waals surface area contributed by atoms with Crippen LogP contribution in [0, 0.1) is 0 Å². The van der Waals surface area contributed by atoms with Crippen molar-refractivity contribution >= 4 is 86.2 Å². The number of para-hydroxylation sites is 2. The zero-order valence-corrected chi connectivity index (χ0v) is 30.2. The second-order valence-corrected chi connectivity index (χ2v) is 15.1. The molecule has 0 radical (unpaired) electrons. The molecule has 0 aliphatic carbocycles. The van der Waals surface area contributed by atoms with Crippen molar-refractivity contribution in [3.05, 3.63) is 176 Å². The van der Waals surface area contributed by atoms with E-state index in [1.807, 2.05) is 6.07 Å². The van der Waals surface area contributed by atoms with E-state index in [1.165, 1.54) is 42.9 Å². The lowest BCUT2D eigenvalue weighted by molar-refractivity contribution is 0.669. The van der Waals surface area contributed by atoms with Crippen molar-refractivity contribution in [2.75, 3.05) is 0 Å². The fraction of sp³-hybridized carbons (Fsp3) is 0. The molecule has 4 nitrogen and oxygen atoms in total. The molecular weight excluding hydrogens is 691 g/mol. The van der Waals surface area contributed by atoms with Crippen LogP contribution in [0.25, 0.3) is 114 Å². The first kappa shape index (κ1) is 30.4. The zero-order valence-electron chi connectivity index (χ0n) is 29.4. The average Bonchev–Trinajstić information content (AvgIpc) is 3.94. The van der Waals surface area contributed by atoms with Crippen LogP contribution in [-0.2, 0) is 0 Å². The molecule has 256 valence electrons. The van der Waals surface area contributed by atoms with Crippen molar-refractivity contribution in [3.8, 4) is 39.5 Å². The normalized spacial score (nSPS) is 12.0. The van der Waals surface area contributed by atoms with Gasteiger partial charge in [0.1, 0.15) is 11.2 Å². The third-order valence-corrected chi connectivity index (χ3v) is 12.2. The van der Waals surface area contributed by atoms with E-state index < -0.39 is 0 Å². The molecule has 8 aromatic carbocycles. The Labute approximate surface area is 319 Å². The number of hydrogen-bond donors (Lipinski definition) is 0. The first-order valence-corrected chi connectivity index (χ1v) is 19.3. The fourth-order valence-corrected chi connectivity index (χ4v) is 9.68. The number of hydrogen-bond acceptors (Lipinski definition) is 4. The molecule has 0 aliphatic rings. The van der Waals surface area contributed by atoms with Crippen LogP contribution in [0.15, 0.2) is 180 Å².